The molecule has 2 saturated heterocycles. The Labute approximate surface area is 287 Å². The molecule has 2 heterocycles. The minimum atomic E-state index is -2.73. The van der Waals surface area contributed by atoms with Crippen molar-refractivity contribution < 1.29 is 46.2 Å². The van der Waals surface area contributed by atoms with Gasteiger partial charge in [-0.15, -0.1) is 23.2 Å². The highest BCUT2D eigenvalue weighted by atomic mass is 79.9. The molecule has 48 heavy (non-hydrogen) atoms. The third-order valence-electron chi connectivity index (χ3n) is 9.80. The van der Waals surface area contributed by atoms with Crippen molar-refractivity contribution in [1.29, 1.82) is 0 Å². The SMILES string of the molecule is O=C1C2CC=C3C(CC4(Cl)C(=O)N(c5c(F)c(F)c(F)c(F)c5F)C(=O)C4(Cl)C3c3cc(Br)ccc3O)C2C(=O)N1Cc1ccccc1. The zero-order valence-electron chi connectivity index (χ0n) is 24.1. The Morgan fingerprint density at radius 2 is 1.46 bits per heavy atom. The van der Waals surface area contributed by atoms with Gasteiger partial charge in [-0.3, -0.25) is 24.1 Å². The maximum Gasteiger partial charge on any atom is 0.258 e. The Kier molecular flexibility index (Phi) is 7.57. The summed E-state index contributed by atoms with van der Waals surface area (Å²) in [5.41, 5.74) is -1.06. The van der Waals surface area contributed by atoms with Gasteiger partial charge in [0.05, 0.1) is 18.4 Å². The number of likely N-dealkylation sites (tertiary alicyclic amines) is 1. The molecule has 7 nitrogen and oxygen atoms in total. The summed E-state index contributed by atoms with van der Waals surface area (Å²) in [5.74, 6) is -21.7. The first-order chi connectivity index (χ1) is 22.6. The number of carbonyl (C=O) groups excluding carboxylic acids is 4. The molecular weight excluding hydrogens is 750 g/mol. The van der Waals surface area contributed by atoms with Gasteiger partial charge in [-0.1, -0.05) is 57.9 Å². The number of amides is 4. The van der Waals surface area contributed by atoms with Gasteiger partial charge < -0.3 is 5.11 Å². The summed E-state index contributed by atoms with van der Waals surface area (Å²) >= 11 is 17.4. The summed E-state index contributed by atoms with van der Waals surface area (Å²) in [6.07, 6.45) is 0.918. The number of phenols is 1. The number of phenolic OH excluding ortho intramolecular Hbond substituents is 1. The quantitative estimate of drug-likeness (QED) is 0.0805. The molecule has 15 heteroatoms. The van der Waals surface area contributed by atoms with Crippen LogP contribution in [-0.2, 0) is 25.7 Å². The van der Waals surface area contributed by atoms with Crippen molar-refractivity contribution in [3.63, 3.8) is 0 Å². The zero-order chi connectivity index (χ0) is 34.6. The van der Waals surface area contributed by atoms with E-state index in [2.05, 4.69) is 15.9 Å². The highest BCUT2D eigenvalue weighted by molar-refractivity contribution is 9.10. The first-order valence-corrected chi connectivity index (χ1v) is 16.1. The minimum absolute atomic E-state index is 0.0105. The Morgan fingerprint density at radius 3 is 2.10 bits per heavy atom. The zero-order valence-corrected chi connectivity index (χ0v) is 27.2. The molecule has 0 bridgehead atoms. The van der Waals surface area contributed by atoms with Crippen LogP contribution < -0.4 is 4.90 Å². The lowest BCUT2D eigenvalue weighted by molar-refractivity contribution is -0.141. The van der Waals surface area contributed by atoms with Crippen LogP contribution in [0.15, 0.2) is 64.7 Å². The van der Waals surface area contributed by atoms with Crippen molar-refractivity contribution in [3.05, 3.63) is 105 Å². The summed E-state index contributed by atoms with van der Waals surface area (Å²) in [6.45, 7) is -0.0552. The number of allylic oxidation sites excluding steroid dienone is 2. The molecule has 3 fully saturated rings. The molecule has 2 aliphatic heterocycles. The van der Waals surface area contributed by atoms with Crippen LogP contribution >= 0.6 is 39.1 Å². The molecule has 1 N–H and O–H groups in total. The lowest BCUT2D eigenvalue weighted by Gasteiger charge is -2.50. The van der Waals surface area contributed by atoms with Crippen molar-refractivity contribution in [2.45, 2.75) is 35.1 Å². The summed E-state index contributed by atoms with van der Waals surface area (Å²) in [5, 5.41) is 11.1. The molecule has 6 atom stereocenters. The molecular formula is C33H20BrCl2F5N2O5. The average molecular weight is 770 g/mol. The molecule has 6 unspecified atom stereocenters. The van der Waals surface area contributed by atoms with Crippen molar-refractivity contribution in [1.82, 2.24) is 4.90 Å². The van der Waals surface area contributed by atoms with Crippen LogP contribution in [0.2, 0.25) is 0 Å². The highest BCUT2D eigenvalue weighted by Gasteiger charge is 2.77. The summed E-state index contributed by atoms with van der Waals surface area (Å²) in [4.78, 5) is 51.6. The Hall–Kier alpha value is -3.81. The van der Waals surface area contributed by atoms with Crippen LogP contribution in [0, 0.1) is 46.8 Å². The van der Waals surface area contributed by atoms with Gasteiger partial charge in [0, 0.05) is 16.0 Å². The van der Waals surface area contributed by atoms with Gasteiger partial charge in [0.25, 0.3) is 11.8 Å². The van der Waals surface area contributed by atoms with E-state index in [0.29, 0.717) is 10.0 Å². The van der Waals surface area contributed by atoms with Crippen LogP contribution in [0.1, 0.15) is 29.9 Å². The molecule has 0 radical (unpaired) electrons. The third-order valence-corrected chi connectivity index (χ3v) is 11.7. The molecule has 3 aromatic carbocycles. The van der Waals surface area contributed by atoms with Gasteiger partial charge in [-0.05, 0) is 42.5 Å². The van der Waals surface area contributed by atoms with Crippen LogP contribution in [0.4, 0.5) is 27.6 Å². The maximum absolute atomic E-state index is 15.2. The lowest BCUT2D eigenvalue weighted by Crippen LogP contribution is -2.60. The fourth-order valence-electron chi connectivity index (χ4n) is 7.66. The predicted octanol–water partition coefficient (Wildman–Crippen LogP) is 6.61. The van der Waals surface area contributed by atoms with Gasteiger partial charge in [-0.2, -0.15) is 0 Å². The number of nitrogens with zero attached hydrogens (tertiary/aromatic N) is 2. The molecule has 0 aromatic heterocycles. The van der Waals surface area contributed by atoms with Crippen molar-refractivity contribution >= 4 is 68.4 Å². The lowest BCUT2D eigenvalue weighted by atomic mass is 9.56. The fourth-order valence-corrected chi connectivity index (χ4v) is 8.96. The van der Waals surface area contributed by atoms with E-state index in [4.69, 9.17) is 23.2 Å². The third kappa shape index (κ3) is 4.22. The first kappa shape index (κ1) is 32.7. The van der Waals surface area contributed by atoms with Gasteiger partial charge in [0.1, 0.15) is 11.4 Å². The van der Waals surface area contributed by atoms with Gasteiger partial charge in [0.2, 0.25) is 17.6 Å². The smallest absolute Gasteiger partial charge is 0.258 e. The second-order valence-corrected chi connectivity index (χ2v) is 14.3. The summed E-state index contributed by atoms with van der Waals surface area (Å²) in [7, 11) is 0. The van der Waals surface area contributed by atoms with Gasteiger partial charge in [0.15, 0.2) is 33.0 Å². The van der Waals surface area contributed by atoms with E-state index in [1.165, 1.54) is 18.2 Å². The molecule has 1 saturated carbocycles. The Morgan fingerprint density at radius 1 is 0.833 bits per heavy atom. The molecule has 2 aliphatic carbocycles. The van der Waals surface area contributed by atoms with Gasteiger partial charge >= 0.3 is 0 Å². The van der Waals surface area contributed by atoms with E-state index < -0.39 is 104 Å². The number of alkyl halides is 2. The van der Waals surface area contributed by atoms with Crippen LogP contribution in [0.5, 0.6) is 5.75 Å². The van der Waals surface area contributed by atoms with E-state index in [-0.39, 0.29) is 29.0 Å². The van der Waals surface area contributed by atoms with Gasteiger partial charge in [-0.25, -0.2) is 26.9 Å². The number of aromatic hydroxyl groups is 1. The maximum atomic E-state index is 15.2. The topological polar surface area (TPSA) is 95.0 Å². The minimum Gasteiger partial charge on any atom is -0.508 e. The van der Waals surface area contributed by atoms with Crippen LogP contribution in [-0.4, -0.2) is 43.4 Å². The number of imide groups is 2. The largest absolute Gasteiger partial charge is 0.508 e. The standard InChI is InChI=1S/C33H20BrCl2F5N2O5/c34-14-6-9-19(44)17(10-14)21-15-7-8-16-20(29(46)42(28(16)45)12-13-4-2-1-3-5-13)18(15)11-32(35)30(47)43(31(48)33(21,32)36)27-25(40)23(38)22(37)24(39)26(27)41/h1-7,9-10,16,18,20-21,44H,8,11-12H2. The predicted molar refractivity (Wildman–Crippen MR) is 164 cm³/mol. The average Bonchev–Trinajstić information content (AvgIpc) is 3.39. The van der Waals surface area contributed by atoms with E-state index in [1.807, 2.05) is 0 Å². The molecule has 3 aromatic rings. The number of hydrogen-bond acceptors (Lipinski definition) is 5. The summed E-state index contributed by atoms with van der Waals surface area (Å²) in [6, 6.07) is 12.7. The number of fused-ring (bicyclic) bond motifs is 4. The molecule has 0 spiro atoms. The molecule has 4 amide bonds. The molecule has 7 rings (SSSR count). The van der Waals surface area contributed by atoms with E-state index >= 15 is 8.78 Å². The second-order valence-electron chi connectivity index (χ2n) is 12.1. The fraction of sp³-hybridized carbons (Fsp3) is 0.273. The number of benzene rings is 3. The van der Waals surface area contributed by atoms with Crippen molar-refractivity contribution in [2.75, 3.05) is 4.90 Å². The van der Waals surface area contributed by atoms with E-state index in [1.54, 1.807) is 36.4 Å². The Balaban J connectivity index is 1.42. The monoisotopic (exact) mass is 768 g/mol. The first-order valence-electron chi connectivity index (χ1n) is 14.5. The number of rotatable bonds is 4. The van der Waals surface area contributed by atoms with Crippen molar-refractivity contribution in [3.8, 4) is 5.75 Å². The second kappa shape index (κ2) is 11.1. The highest BCUT2D eigenvalue weighted by Crippen LogP contribution is 2.66. The van der Waals surface area contributed by atoms with Crippen molar-refractivity contribution in [2.24, 2.45) is 17.8 Å². The van der Waals surface area contributed by atoms with E-state index in [0.717, 1.165) is 4.90 Å². The number of anilines is 1. The van der Waals surface area contributed by atoms with Crippen LogP contribution in [0.25, 0.3) is 0 Å². The number of hydrogen-bond donors (Lipinski definition) is 1. The normalized spacial score (nSPS) is 29.6. The number of carbonyl (C=O) groups is 4. The van der Waals surface area contributed by atoms with E-state index in [9.17, 15) is 37.5 Å². The summed E-state index contributed by atoms with van der Waals surface area (Å²) < 4.78 is 73.4. The molecule has 4 aliphatic rings. The number of halogens is 8. The molecule has 248 valence electrons. The Bertz CT molecular complexity index is 1990. The van der Waals surface area contributed by atoms with Crippen LogP contribution in [0.3, 0.4) is 0 Å².